The van der Waals surface area contributed by atoms with Gasteiger partial charge in [0, 0.05) is 47.7 Å². The summed E-state index contributed by atoms with van der Waals surface area (Å²) in [4.78, 5) is 29.0. The number of hydrogen-bond donors (Lipinski definition) is 3. The van der Waals surface area contributed by atoms with Gasteiger partial charge in [-0.25, -0.2) is 28.5 Å². The molecule has 1 aliphatic heterocycles. The van der Waals surface area contributed by atoms with Crippen LogP contribution in [0.5, 0.6) is 0 Å². The van der Waals surface area contributed by atoms with Crippen LogP contribution in [0.4, 0.5) is 17.6 Å². The lowest BCUT2D eigenvalue weighted by Crippen LogP contribution is -2.37. The second-order valence-electron chi connectivity index (χ2n) is 14.3. The van der Waals surface area contributed by atoms with Gasteiger partial charge in [0.15, 0.2) is 5.82 Å². The van der Waals surface area contributed by atoms with E-state index in [1.165, 1.54) is 12.1 Å². The zero-order valence-corrected chi connectivity index (χ0v) is 34.9. The zero-order valence-electron chi connectivity index (χ0n) is 32.5. The van der Waals surface area contributed by atoms with Gasteiger partial charge in [0.25, 0.3) is 0 Å². The van der Waals surface area contributed by atoms with Crippen molar-refractivity contribution in [2.75, 3.05) is 41.8 Å². The minimum atomic E-state index is -3.81. The number of nitrogens with one attached hydrogen (secondary N) is 2. The quantitative estimate of drug-likeness (QED) is 0.106. The minimum absolute atomic E-state index is 0.0595. The van der Waals surface area contributed by atoms with E-state index in [0.29, 0.717) is 68.5 Å². The van der Waals surface area contributed by atoms with Crippen molar-refractivity contribution in [3.05, 3.63) is 138 Å². The Kier molecular flexibility index (Phi) is 10.4. The van der Waals surface area contributed by atoms with Crippen molar-refractivity contribution >= 4 is 70.7 Å². The molecule has 0 amide bonds. The predicted molar refractivity (Wildman–Crippen MR) is 242 cm³/mol. The Hall–Kier alpha value is -6.56. The average molecular weight is 864 g/mol. The van der Waals surface area contributed by atoms with Crippen molar-refractivity contribution in [2.24, 2.45) is 5.14 Å². The van der Waals surface area contributed by atoms with E-state index in [1.54, 1.807) is 47.3 Å². The van der Waals surface area contributed by atoms with Crippen molar-refractivity contribution in [1.29, 1.82) is 0 Å². The maximum absolute atomic E-state index is 11.9. The molecule has 7 heterocycles. The summed E-state index contributed by atoms with van der Waals surface area (Å²) in [6.07, 6.45) is 3.46. The molecule has 6 aromatic heterocycles. The predicted octanol–water partition coefficient (Wildman–Crippen LogP) is 9.06. The van der Waals surface area contributed by atoms with Gasteiger partial charge in [-0.3, -0.25) is 4.98 Å². The summed E-state index contributed by atoms with van der Waals surface area (Å²) in [5.74, 6) is 3.29. The third-order valence-corrected chi connectivity index (χ3v) is 13.1. The molecule has 61 heavy (non-hydrogen) atoms. The maximum Gasteiger partial charge on any atom is 0.238 e. The number of ether oxygens (including phenoxy) is 1. The van der Waals surface area contributed by atoms with Crippen LogP contribution in [0.15, 0.2) is 136 Å². The molecule has 0 aliphatic carbocycles. The van der Waals surface area contributed by atoms with Gasteiger partial charge in [-0.1, -0.05) is 66.7 Å². The molecule has 0 spiro atoms. The summed E-state index contributed by atoms with van der Waals surface area (Å²) in [6, 6.07) is 32.9. The Labute approximate surface area is 359 Å². The fourth-order valence-electron chi connectivity index (χ4n) is 7.43. The topological polar surface area (TPSA) is 174 Å². The first-order chi connectivity index (χ1) is 29.9. The molecule has 1 fully saturated rings. The molecule has 0 bridgehead atoms. The molecule has 10 rings (SSSR count). The van der Waals surface area contributed by atoms with Crippen LogP contribution >= 0.6 is 22.7 Å². The fourth-order valence-corrected chi connectivity index (χ4v) is 9.83. The normalized spacial score (nSPS) is 13.2. The molecule has 0 saturated carbocycles. The summed E-state index contributed by atoms with van der Waals surface area (Å²) < 4.78 is 35.1. The molecule has 3 aromatic carbocycles. The minimum Gasteiger partial charge on any atom is -0.467 e. The third kappa shape index (κ3) is 7.94. The first-order valence-electron chi connectivity index (χ1n) is 19.5. The number of anilines is 3. The molecular weight excluding hydrogens is 827 g/mol. The Balaban J connectivity index is 1.04. The lowest BCUT2D eigenvalue weighted by molar-refractivity contribution is 0.122. The van der Waals surface area contributed by atoms with E-state index in [1.807, 2.05) is 54.6 Å². The average Bonchev–Trinajstić information content (AvgIpc) is 4.09. The number of furan rings is 1. The van der Waals surface area contributed by atoms with Crippen LogP contribution in [0, 0.1) is 0 Å². The van der Waals surface area contributed by atoms with Crippen LogP contribution in [-0.2, 0) is 27.8 Å². The van der Waals surface area contributed by atoms with Gasteiger partial charge in [-0.05, 0) is 64.2 Å². The van der Waals surface area contributed by atoms with E-state index in [-0.39, 0.29) is 4.90 Å². The first kappa shape index (κ1) is 38.6. The highest BCUT2D eigenvalue weighted by Crippen LogP contribution is 2.43. The highest BCUT2D eigenvalue weighted by molar-refractivity contribution is 7.89. The number of rotatable bonds is 12. The third-order valence-electron chi connectivity index (χ3n) is 10.5. The van der Waals surface area contributed by atoms with Gasteiger partial charge in [-0.2, -0.15) is 4.98 Å². The number of morpholine rings is 1. The van der Waals surface area contributed by atoms with Gasteiger partial charge >= 0.3 is 0 Å². The second-order valence-corrected chi connectivity index (χ2v) is 17.6. The SMILES string of the molecule is NS(=O)(=O)c1ccc(CNc2nc(N3CCOCC3)nc3scc(-c4ccccc4-c4ccnc(-c5nc(NCc6ccco6)c6c(-c7ccccc7)csc6n5)c4)c23)cc1. The Morgan fingerprint density at radius 2 is 1.39 bits per heavy atom. The van der Waals surface area contributed by atoms with Gasteiger partial charge in [0.1, 0.15) is 32.8 Å². The van der Waals surface area contributed by atoms with E-state index in [2.05, 4.69) is 50.6 Å². The number of fused-ring (bicyclic) bond motifs is 2. The van der Waals surface area contributed by atoms with Gasteiger partial charge in [0.2, 0.25) is 16.0 Å². The van der Waals surface area contributed by atoms with E-state index in [0.717, 1.165) is 65.1 Å². The zero-order chi connectivity index (χ0) is 41.3. The summed E-state index contributed by atoms with van der Waals surface area (Å²) >= 11 is 3.14. The number of benzene rings is 3. The summed E-state index contributed by atoms with van der Waals surface area (Å²) in [5.41, 5.74) is 7.56. The van der Waals surface area contributed by atoms with Crippen LogP contribution in [0.25, 0.3) is 65.3 Å². The highest BCUT2D eigenvalue weighted by atomic mass is 32.2. The lowest BCUT2D eigenvalue weighted by Gasteiger charge is -2.27. The number of pyridine rings is 1. The van der Waals surface area contributed by atoms with Crippen LogP contribution in [0.1, 0.15) is 11.3 Å². The van der Waals surface area contributed by atoms with E-state index >= 15 is 0 Å². The largest absolute Gasteiger partial charge is 0.467 e. The van der Waals surface area contributed by atoms with E-state index in [9.17, 15) is 8.42 Å². The van der Waals surface area contributed by atoms with Crippen LogP contribution in [0.2, 0.25) is 0 Å². The van der Waals surface area contributed by atoms with Crippen molar-refractivity contribution in [2.45, 2.75) is 18.0 Å². The molecule has 13 nitrogen and oxygen atoms in total. The molecule has 4 N–H and O–H groups in total. The molecule has 0 unspecified atom stereocenters. The molecule has 9 aromatic rings. The fraction of sp³-hybridized carbons (Fsp3) is 0.133. The monoisotopic (exact) mass is 863 g/mol. The lowest BCUT2D eigenvalue weighted by atomic mass is 9.95. The Bertz CT molecular complexity index is 3110. The van der Waals surface area contributed by atoms with Crippen molar-refractivity contribution < 1.29 is 17.6 Å². The first-order valence-corrected chi connectivity index (χ1v) is 22.8. The number of aromatic nitrogens is 5. The summed E-state index contributed by atoms with van der Waals surface area (Å²) in [6.45, 7) is 3.42. The van der Waals surface area contributed by atoms with Crippen molar-refractivity contribution in [3.63, 3.8) is 0 Å². The Morgan fingerprint density at radius 3 is 2.16 bits per heavy atom. The molecule has 1 aliphatic rings. The number of hydrogen-bond acceptors (Lipinski definition) is 14. The molecule has 1 saturated heterocycles. The van der Waals surface area contributed by atoms with Gasteiger partial charge in [-0.15, -0.1) is 22.7 Å². The number of nitrogens with two attached hydrogens (primary N) is 1. The van der Waals surface area contributed by atoms with Gasteiger partial charge < -0.3 is 24.7 Å². The van der Waals surface area contributed by atoms with E-state index in [4.69, 9.17) is 39.2 Å². The standard InChI is InChI=1S/C45H37N9O4S3/c46-61(55,56)32-14-12-28(13-15-32)24-48-42-39-36(27-60-44(39)53-45(52-42)54-18-21-57-22-19-54)34-11-5-4-10-33(34)30-16-17-47-37(23-30)40-50-41(49-25-31-9-6-20-58-31)38-35(26-59-43(38)51-40)29-7-2-1-3-8-29/h1-17,20,23,26-27H,18-19,21-22,24-25H2,(H2,46,55,56)(H,48,52,53)(H,49,50,51). The molecular formula is C45H37N9O4S3. The Morgan fingerprint density at radius 1 is 0.689 bits per heavy atom. The van der Waals surface area contributed by atoms with Crippen LogP contribution in [-0.4, -0.2) is 59.6 Å². The maximum atomic E-state index is 11.9. The number of sulfonamides is 1. The smallest absolute Gasteiger partial charge is 0.238 e. The van der Waals surface area contributed by atoms with Crippen molar-refractivity contribution in [1.82, 2.24) is 24.9 Å². The molecule has 0 atom stereocenters. The van der Waals surface area contributed by atoms with E-state index < -0.39 is 10.0 Å². The van der Waals surface area contributed by atoms with Crippen LogP contribution < -0.4 is 20.7 Å². The molecule has 0 radical (unpaired) electrons. The molecule has 304 valence electrons. The molecule has 16 heteroatoms. The van der Waals surface area contributed by atoms with Crippen molar-refractivity contribution in [3.8, 4) is 44.9 Å². The van der Waals surface area contributed by atoms with Crippen LogP contribution in [0.3, 0.4) is 0 Å². The highest BCUT2D eigenvalue weighted by Gasteiger charge is 2.23. The summed E-state index contributed by atoms with van der Waals surface area (Å²) in [7, 11) is -3.81. The number of thiophene rings is 2. The summed E-state index contributed by atoms with van der Waals surface area (Å²) in [5, 5.41) is 18.5. The second kappa shape index (κ2) is 16.5. The number of nitrogens with zero attached hydrogens (tertiary/aromatic N) is 6. The number of primary sulfonamides is 1. The van der Waals surface area contributed by atoms with Gasteiger partial charge in [0.05, 0.1) is 41.7 Å².